The number of nitrogens with two attached hydrogens (primary N) is 1. The smallest absolute Gasteiger partial charge is 0.230 e. The molecule has 1 amide bonds. The highest BCUT2D eigenvalue weighted by atomic mass is 16.2. The van der Waals surface area contributed by atoms with Crippen molar-refractivity contribution in [1.82, 2.24) is 4.90 Å². The summed E-state index contributed by atoms with van der Waals surface area (Å²) in [5.74, 6) is 1.19. The number of carbonyl (C=O) groups excluding carboxylic acids is 1. The molecule has 0 aromatic carbocycles. The van der Waals surface area contributed by atoms with E-state index < -0.39 is 0 Å². The molecular weight excluding hydrogens is 212 g/mol. The lowest BCUT2D eigenvalue weighted by Crippen LogP contribution is -2.53. The third-order valence-corrected chi connectivity index (χ3v) is 4.75. The molecule has 1 saturated carbocycles. The first-order valence-electron chi connectivity index (χ1n) is 7.21. The van der Waals surface area contributed by atoms with Gasteiger partial charge in [-0.3, -0.25) is 4.79 Å². The molecule has 1 saturated heterocycles. The first-order valence-corrected chi connectivity index (χ1v) is 7.21. The molecular formula is C14H26N2O. The van der Waals surface area contributed by atoms with Gasteiger partial charge < -0.3 is 10.6 Å². The highest BCUT2D eigenvalue weighted by Crippen LogP contribution is 2.42. The Balaban J connectivity index is 1.86. The first kappa shape index (κ1) is 12.9. The Morgan fingerprint density at radius 1 is 1.35 bits per heavy atom. The Kier molecular flexibility index (Phi) is 4.08. The molecule has 2 aliphatic rings. The number of nitrogens with zero attached hydrogens (tertiary/aromatic N) is 1. The number of rotatable bonds is 4. The predicted octanol–water partition coefficient (Wildman–Crippen LogP) is 2.15. The van der Waals surface area contributed by atoms with Gasteiger partial charge in [0.1, 0.15) is 0 Å². The van der Waals surface area contributed by atoms with Crippen molar-refractivity contribution in [2.24, 2.45) is 17.1 Å². The second kappa shape index (κ2) is 5.38. The highest BCUT2D eigenvalue weighted by molar-refractivity contribution is 5.84. The van der Waals surface area contributed by atoms with Gasteiger partial charge in [-0.1, -0.05) is 26.2 Å². The lowest BCUT2D eigenvalue weighted by atomic mass is 9.67. The van der Waals surface area contributed by atoms with Crippen LogP contribution in [0.5, 0.6) is 0 Å². The zero-order valence-corrected chi connectivity index (χ0v) is 11.1. The molecule has 0 unspecified atom stereocenters. The van der Waals surface area contributed by atoms with Gasteiger partial charge in [-0.15, -0.1) is 0 Å². The first-order chi connectivity index (χ1) is 8.22. The van der Waals surface area contributed by atoms with Crippen LogP contribution in [0.25, 0.3) is 0 Å². The Labute approximate surface area is 105 Å². The van der Waals surface area contributed by atoms with E-state index in [1.165, 1.54) is 32.1 Å². The summed E-state index contributed by atoms with van der Waals surface area (Å²) in [6.45, 7) is 4.71. The Morgan fingerprint density at radius 3 is 2.41 bits per heavy atom. The normalized spacial score (nSPS) is 24.5. The Hall–Kier alpha value is -0.570. The van der Waals surface area contributed by atoms with E-state index in [4.69, 9.17) is 5.73 Å². The van der Waals surface area contributed by atoms with Crippen LogP contribution in [0.3, 0.4) is 0 Å². The van der Waals surface area contributed by atoms with Crippen LogP contribution in [0.15, 0.2) is 0 Å². The third kappa shape index (κ3) is 2.49. The van der Waals surface area contributed by atoms with Crippen molar-refractivity contribution in [1.29, 1.82) is 0 Å². The lowest BCUT2D eigenvalue weighted by molar-refractivity contribution is -0.148. The molecule has 1 aliphatic carbocycles. The highest BCUT2D eigenvalue weighted by Gasteiger charge is 2.45. The fourth-order valence-corrected chi connectivity index (χ4v) is 3.28. The number of likely N-dealkylation sites (tertiary alicyclic amines) is 1. The summed E-state index contributed by atoms with van der Waals surface area (Å²) in [5, 5.41) is 0. The van der Waals surface area contributed by atoms with E-state index in [1.54, 1.807) is 0 Å². The third-order valence-electron chi connectivity index (χ3n) is 4.75. The SMILES string of the molecule is CCCC1CCN(C(=O)C2(CN)CCC2)CC1. The molecule has 3 heteroatoms. The van der Waals surface area contributed by atoms with Gasteiger partial charge in [-0.2, -0.15) is 0 Å². The molecule has 0 bridgehead atoms. The van der Waals surface area contributed by atoms with Gasteiger partial charge in [0, 0.05) is 19.6 Å². The van der Waals surface area contributed by atoms with Gasteiger partial charge in [-0.05, 0) is 31.6 Å². The number of hydrogen-bond acceptors (Lipinski definition) is 2. The molecule has 2 fully saturated rings. The summed E-state index contributed by atoms with van der Waals surface area (Å²) in [6, 6.07) is 0. The zero-order valence-electron chi connectivity index (χ0n) is 11.1. The lowest BCUT2D eigenvalue weighted by Gasteiger charge is -2.44. The van der Waals surface area contributed by atoms with E-state index in [-0.39, 0.29) is 5.41 Å². The molecule has 0 atom stereocenters. The van der Waals surface area contributed by atoms with Gasteiger partial charge in [-0.25, -0.2) is 0 Å². The second-order valence-electron chi connectivity index (χ2n) is 5.86. The minimum Gasteiger partial charge on any atom is -0.342 e. The van der Waals surface area contributed by atoms with Gasteiger partial charge in [0.05, 0.1) is 5.41 Å². The molecule has 98 valence electrons. The van der Waals surface area contributed by atoms with Crippen LogP contribution in [0, 0.1) is 11.3 Å². The van der Waals surface area contributed by atoms with Gasteiger partial charge >= 0.3 is 0 Å². The molecule has 0 radical (unpaired) electrons. The summed E-state index contributed by atoms with van der Waals surface area (Å²) in [4.78, 5) is 14.5. The van der Waals surface area contributed by atoms with Crippen molar-refractivity contribution in [2.45, 2.75) is 51.9 Å². The standard InChI is InChI=1S/C14H26N2O/c1-2-4-12-5-9-16(10-6-12)13(17)14(11-15)7-3-8-14/h12H,2-11,15H2,1H3. The van der Waals surface area contributed by atoms with Crippen LogP contribution < -0.4 is 5.73 Å². The maximum absolute atomic E-state index is 12.4. The summed E-state index contributed by atoms with van der Waals surface area (Å²) in [5.41, 5.74) is 5.63. The zero-order chi connectivity index (χ0) is 12.3. The molecule has 0 spiro atoms. The fraction of sp³-hybridized carbons (Fsp3) is 0.929. The number of piperidine rings is 1. The molecule has 0 aromatic heterocycles. The topological polar surface area (TPSA) is 46.3 Å². The maximum Gasteiger partial charge on any atom is 0.230 e. The van der Waals surface area contributed by atoms with Gasteiger partial charge in [0.15, 0.2) is 0 Å². The summed E-state index contributed by atoms with van der Waals surface area (Å²) in [7, 11) is 0. The number of amides is 1. The van der Waals surface area contributed by atoms with Gasteiger partial charge in [0.2, 0.25) is 5.91 Å². The van der Waals surface area contributed by atoms with E-state index in [1.807, 2.05) is 0 Å². The van der Waals surface area contributed by atoms with E-state index >= 15 is 0 Å². The molecule has 0 aromatic rings. The molecule has 17 heavy (non-hydrogen) atoms. The molecule has 1 aliphatic heterocycles. The average molecular weight is 238 g/mol. The average Bonchev–Trinajstić information content (AvgIpc) is 2.29. The van der Waals surface area contributed by atoms with Crippen LogP contribution in [-0.4, -0.2) is 30.4 Å². The molecule has 2 rings (SSSR count). The fourth-order valence-electron chi connectivity index (χ4n) is 3.28. The van der Waals surface area contributed by atoms with Crippen molar-refractivity contribution in [3.8, 4) is 0 Å². The van der Waals surface area contributed by atoms with Crippen LogP contribution in [-0.2, 0) is 4.79 Å². The number of hydrogen-bond donors (Lipinski definition) is 1. The van der Waals surface area contributed by atoms with Crippen molar-refractivity contribution >= 4 is 5.91 Å². The largest absolute Gasteiger partial charge is 0.342 e. The summed E-state index contributed by atoms with van der Waals surface area (Å²) < 4.78 is 0. The van der Waals surface area contributed by atoms with Crippen molar-refractivity contribution < 1.29 is 4.79 Å². The molecule has 3 nitrogen and oxygen atoms in total. The Bertz CT molecular complexity index is 260. The van der Waals surface area contributed by atoms with Crippen LogP contribution >= 0.6 is 0 Å². The van der Waals surface area contributed by atoms with E-state index in [2.05, 4.69) is 11.8 Å². The quantitative estimate of drug-likeness (QED) is 0.815. The minimum absolute atomic E-state index is 0.169. The predicted molar refractivity (Wildman–Crippen MR) is 69.6 cm³/mol. The molecule has 2 N–H and O–H groups in total. The summed E-state index contributed by atoms with van der Waals surface area (Å²) in [6.07, 6.45) is 8.18. The van der Waals surface area contributed by atoms with E-state index in [0.29, 0.717) is 12.5 Å². The van der Waals surface area contributed by atoms with Gasteiger partial charge in [0.25, 0.3) is 0 Å². The Morgan fingerprint density at radius 2 is 2.00 bits per heavy atom. The van der Waals surface area contributed by atoms with Crippen LogP contribution in [0.4, 0.5) is 0 Å². The summed E-state index contributed by atoms with van der Waals surface area (Å²) >= 11 is 0. The van der Waals surface area contributed by atoms with Crippen molar-refractivity contribution in [3.05, 3.63) is 0 Å². The number of carbonyl (C=O) groups is 1. The van der Waals surface area contributed by atoms with E-state index in [0.717, 1.165) is 31.8 Å². The maximum atomic E-state index is 12.4. The van der Waals surface area contributed by atoms with Crippen molar-refractivity contribution in [3.63, 3.8) is 0 Å². The second-order valence-corrected chi connectivity index (χ2v) is 5.86. The minimum atomic E-state index is -0.169. The molecule has 1 heterocycles. The van der Waals surface area contributed by atoms with Crippen LogP contribution in [0.1, 0.15) is 51.9 Å². The monoisotopic (exact) mass is 238 g/mol. The van der Waals surface area contributed by atoms with E-state index in [9.17, 15) is 4.79 Å². The van der Waals surface area contributed by atoms with Crippen molar-refractivity contribution in [2.75, 3.05) is 19.6 Å². The van der Waals surface area contributed by atoms with Crippen LogP contribution in [0.2, 0.25) is 0 Å².